The van der Waals surface area contributed by atoms with Gasteiger partial charge in [0.15, 0.2) is 0 Å². The van der Waals surface area contributed by atoms with E-state index in [0.717, 1.165) is 32.1 Å². The number of carboxylic acid groups (broad SMARTS) is 1. The Kier molecular flexibility index (Phi) is 4.96. The Morgan fingerprint density at radius 2 is 1.57 bits per heavy atom. The molecular formula is C17H22F2O2. The van der Waals surface area contributed by atoms with Crippen LogP contribution in [0, 0.1) is 5.41 Å². The van der Waals surface area contributed by atoms with Crippen LogP contribution in [0.15, 0.2) is 30.3 Å². The van der Waals surface area contributed by atoms with E-state index in [2.05, 4.69) is 0 Å². The van der Waals surface area contributed by atoms with E-state index in [1.165, 1.54) is 12.1 Å². The van der Waals surface area contributed by atoms with Crippen molar-refractivity contribution in [3.63, 3.8) is 0 Å². The lowest BCUT2D eigenvalue weighted by atomic mass is 9.71. The molecule has 0 atom stereocenters. The van der Waals surface area contributed by atoms with Crippen LogP contribution >= 0.6 is 0 Å². The minimum absolute atomic E-state index is 0.0901. The minimum atomic E-state index is -3.10. The number of carbonyl (C=O) groups is 1. The average Bonchev–Trinajstić information content (AvgIpc) is 2.42. The SMILES string of the molecule is O=C(O)C1(CC(F)(F)c2ccccc2)CCCCCCC1. The van der Waals surface area contributed by atoms with E-state index in [9.17, 15) is 18.7 Å². The maximum Gasteiger partial charge on any atom is 0.309 e. The zero-order chi connectivity index (χ0) is 15.3. The summed E-state index contributed by atoms with van der Waals surface area (Å²) in [6, 6.07) is 7.56. The van der Waals surface area contributed by atoms with Gasteiger partial charge in [0.05, 0.1) is 5.41 Å². The highest BCUT2D eigenvalue weighted by molar-refractivity contribution is 5.74. The van der Waals surface area contributed by atoms with Gasteiger partial charge >= 0.3 is 5.97 Å². The van der Waals surface area contributed by atoms with Gasteiger partial charge in [-0.1, -0.05) is 62.4 Å². The molecule has 4 heteroatoms. The summed E-state index contributed by atoms with van der Waals surface area (Å²) in [6.07, 6.45) is 4.49. The fraction of sp³-hybridized carbons (Fsp3) is 0.588. The highest BCUT2D eigenvalue weighted by Gasteiger charge is 2.47. The summed E-state index contributed by atoms with van der Waals surface area (Å²) in [7, 11) is 0. The van der Waals surface area contributed by atoms with E-state index in [1.807, 2.05) is 0 Å². The molecule has 1 fully saturated rings. The predicted molar refractivity (Wildman–Crippen MR) is 77.3 cm³/mol. The summed E-state index contributed by atoms with van der Waals surface area (Å²) >= 11 is 0. The van der Waals surface area contributed by atoms with E-state index >= 15 is 0 Å². The lowest BCUT2D eigenvalue weighted by molar-refractivity contribution is -0.158. The summed E-state index contributed by atoms with van der Waals surface area (Å²) in [5, 5.41) is 9.58. The second-order valence-electron chi connectivity index (χ2n) is 6.10. The van der Waals surface area contributed by atoms with Gasteiger partial charge in [0.25, 0.3) is 5.92 Å². The topological polar surface area (TPSA) is 37.3 Å². The van der Waals surface area contributed by atoms with E-state index in [0.29, 0.717) is 12.8 Å². The molecule has 0 radical (unpaired) electrons. The van der Waals surface area contributed by atoms with Crippen molar-refractivity contribution in [1.29, 1.82) is 0 Å². The molecule has 0 bridgehead atoms. The molecule has 116 valence electrons. The maximum atomic E-state index is 14.5. The van der Waals surface area contributed by atoms with Gasteiger partial charge in [0, 0.05) is 12.0 Å². The molecule has 2 rings (SSSR count). The first-order valence-corrected chi connectivity index (χ1v) is 7.63. The van der Waals surface area contributed by atoms with Crippen LogP contribution < -0.4 is 0 Å². The van der Waals surface area contributed by atoms with E-state index < -0.39 is 23.7 Å². The van der Waals surface area contributed by atoms with Crippen molar-refractivity contribution in [2.75, 3.05) is 0 Å². The monoisotopic (exact) mass is 296 g/mol. The average molecular weight is 296 g/mol. The van der Waals surface area contributed by atoms with Crippen LogP contribution in [0.5, 0.6) is 0 Å². The third-order valence-corrected chi connectivity index (χ3v) is 4.52. The Morgan fingerprint density at radius 1 is 1.05 bits per heavy atom. The van der Waals surface area contributed by atoms with Crippen LogP contribution in [-0.2, 0) is 10.7 Å². The first kappa shape index (κ1) is 15.9. The Morgan fingerprint density at radius 3 is 2.10 bits per heavy atom. The number of carboxylic acids is 1. The molecule has 0 spiro atoms. The second-order valence-corrected chi connectivity index (χ2v) is 6.10. The van der Waals surface area contributed by atoms with Crippen LogP contribution in [0.1, 0.15) is 56.9 Å². The zero-order valence-corrected chi connectivity index (χ0v) is 12.2. The standard InChI is InChI=1S/C17H22F2O2/c18-17(19,14-9-5-4-6-10-14)13-16(15(20)21)11-7-2-1-3-8-12-16/h4-6,9-10H,1-3,7-8,11-13H2,(H,20,21). The lowest BCUT2D eigenvalue weighted by Gasteiger charge is -2.34. The quantitative estimate of drug-likeness (QED) is 0.850. The smallest absolute Gasteiger partial charge is 0.309 e. The number of rotatable bonds is 4. The molecule has 21 heavy (non-hydrogen) atoms. The summed E-state index contributed by atoms with van der Waals surface area (Å²) in [4.78, 5) is 11.7. The highest BCUT2D eigenvalue weighted by atomic mass is 19.3. The fourth-order valence-electron chi connectivity index (χ4n) is 3.26. The molecular weight excluding hydrogens is 274 g/mol. The molecule has 1 aliphatic carbocycles. The summed E-state index contributed by atoms with van der Waals surface area (Å²) < 4.78 is 29.0. The molecule has 0 heterocycles. The first-order chi connectivity index (χ1) is 9.96. The lowest BCUT2D eigenvalue weighted by Crippen LogP contribution is -2.37. The van der Waals surface area contributed by atoms with Gasteiger partial charge in [-0.25, -0.2) is 8.78 Å². The third kappa shape index (κ3) is 3.80. The number of hydrogen-bond donors (Lipinski definition) is 1. The normalized spacial score (nSPS) is 19.5. The molecule has 2 nitrogen and oxygen atoms in total. The van der Waals surface area contributed by atoms with Gasteiger partial charge in [-0.3, -0.25) is 4.79 Å². The number of hydrogen-bond acceptors (Lipinski definition) is 1. The largest absolute Gasteiger partial charge is 0.481 e. The Hall–Kier alpha value is -1.45. The maximum absolute atomic E-state index is 14.5. The van der Waals surface area contributed by atoms with E-state index in [4.69, 9.17) is 0 Å². The first-order valence-electron chi connectivity index (χ1n) is 7.63. The molecule has 1 aromatic rings. The van der Waals surface area contributed by atoms with Crippen molar-refractivity contribution in [2.45, 2.75) is 57.3 Å². The molecule has 1 aromatic carbocycles. The van der Waals surface area contributed by atoms with Gasteiger partial charge < -0.3 is 5.11 Å². The molecule has 0 aliphatic heterocycles. The van der Waals surface area contributed by atoms with Gasteiger partial charge in [0.1, 0.15) is 0 Å². The van der Waals surface area contributed by atoms with Gasteiger partial charge in [-0.2, -0.15) is 0 Å². The van der Waals surface area contributed by atoms with E-state index in [1.54, 1.807) is 18.2 Å². The van der Waals surface area contributed by atoms with Crippen molar-refractivity contribution >= 4 is 5.97 Å². The second kappa shape index (κ2) is 6.54. The molecule has 0 amide bonds. The zero-order valence-electron chi connectivity index (χ0n) is 12.2. The van der Waals surface area contributed by atoms with Crippen molar-refractivity contribution < 1.29 is 18.7 Å². The predicted octanol–water partition coefficient (Wildman–Crippen LogP) is 4.98. The van der Waals surface area contributed by atoms with Crippen molar-refractivity contribution in [1.82, 2.24) is 0 Å². The van der Waals surface area contributed by atoms with E-state index in [-0.39, 0.29) is 5.56 Å². The number of alkyl halides is 2. The Balaban J connectivity index is 2.24. The van der Waals surface area contributed by atoms with Gasteiger partial charge in [0.2, 0.25) is 0 Å². The molecule has 0 unspecified atom stereocenters. The highest BCUT2D eigenvalue weighted by Crippen LogP contribution is 2.46. The number of halogens is 2. The van der Waals surface area contributed by atoms with Crippen molar-refractivity contribution in [3.8, 4) is 0 Å². The number of benzene rings is 1. The fourth-order valence-corrected chi connectivity index (χ4v) is 3.26. The molecule has 0 saturated heterocycles. The Bertz CT molecular complexity index is 463. The molecule has 0 aromatic heterocycles. The molecule has 1 aliphatic rings. The van der Waals surface area contributed by atoms with Crippen LogP contribution in [0.3, 0.4) is 0 Å². The van der Waals surface area contributed by atoms with Crippen LogP contribution in [0.25, 0.3) is 0 Å². The summed E-state index contributed by atoms with van der Waals surface area (Å²) in [6.45, 7) is 0. The van der Waals surface area contributed by atoms with Crippen molar-refractivity contribution in [2.24, 2.45) is 5.41 Å². The molecule has 1 N–H and O–H groups in total. The van der Waals surface area contributed by atoms with Gasteiger partial charge in [-0.15, -0.1) is 0 Å². The third-order valence-electron chi connectivity index (χ3n) is 4.52. The van der Waals surface area contributed by atoms with Crippen LogP contribution in [0.4, 0.5) is 8.78 Å². The minimum Gasteiger partial charge on any atom is -0.481 e. The molecule has 1 saturated carbocycles. The van der Waals surface area contributed by atoms with Gasteiger partial charge in [-0.05, 0) is 12.8 Å². The summed E-state index contributed by atoms with van der Waals surface area (Å²) in [5.41, 5.74) is -1.38. The Labute approximate surface area is 124 Å². The van der Waals surface area contributed by atoms with Crippen LogP contribution in [-0.4, -0.2) is 11.1 Å². The summed E-state index contributed by atoms with van der Waals surface area (Å²) in [5.74, 6) is -4.17. The van der Waals surface area contributed by atoms with Crippen LogP contribution in [0.2, 0.25) is 0 Å². The number of aliphatic carboxylic acids is 1. The van der Waals surface area contributed by atoms with Crippen molar-refractivity contribution in [3.05, 3.63) is 35.9 Å².